The Morgan fingerprint density at radius 1 is 1.22 bits per heavy atom. The second-order valence-corrected chi connectivity index (χ2v) is 5.44. The fourth-order valence-corrected chi connectivity index (χ4v) is 2.26. The second kappa shape index (κ2) is 4.75. The topological polar surface area (TPSA) is 90.4 Å². The summed E-state index contributed by atoms with van der Waals surface area (Å²) in [5, 5.41) is 4.98. The van der Waals surface area contributed by atoms with Gasteiger partial charge in [0.05, 0.1) is 5.75 Å². The molecular formula is C12H11NO4S. The molecule has 0 atom stereocenters. The molecule has 2 aromatic rings. The Hall–Kier alpha value is -1.92. The predicted octanol–water partition coefficient (Wildman–Crippen LogP) is 1.55. The largest absolute Gasteiger partial charge is 0.453 e. The molecule has 0 bridgehead atoms. The fourth-order valence-electron chi connectivity index (χ4n) is 1.62. The molecule has 0 amide bonds. The molecule has 18 heavy (non-hydrogen) atoms. The Labute approximate surface area is 104 Å². The van der Waals surface area contributed by atoms with Crippen LogP contribution in [0.2, 0.25) is 0 Å². The number of aldehydes is 1. The van der Waals surface area contributed by atoms with Crippen LogP contribution in [-0.4, -0.2) is 14.7 Å². The van der Waals surface area contributed by atoms with E-state index in [-0.39, 0.29) is 11.5 Å². The van der Waals surface area contributed by atoms with E-state index in [0.29, 0.717) is 23.2 Å². The van der Waals surface area contributed by atoms with Gasteiger partial charge < -0.3 is 4.42 Å². The highest BCUT2D eigenvalue weighted by atomic mass is 32.2. The second-order valence-electron chi connectivity index (χ2n) is 3.83. The lowest BCUT2D eigenvalue weighted by Gasteiger charge is -2.02. The van der Waals surface area contributed by atoms with Crippen LogP contribution in [0.3, 0.4) is 0 Å². The minimum atomic E-state index is -3.56. The first-order valence-electron chi connectivity index (χ1n) is 5.13. The number of sulfonamides is 1. The van der Waals surface area contributed by atoms with Crippen molar-refractivity contribution in [3.8, 4) is 11.3 Å². The van der Waals surface area contributed by atoms with E-state index in [2.05, 4.69) is 0 Å². The van der Waals surface area contributed by atoms with Gasteiger partial charge in [0.2, 0.25) is 10.0 Å². The number of nitrogens with two attached hydrogens (primary N) is 1. The summed E-state index contributed by atoms with van der Waals surface area (Å²) in [5.74, 6) is 0.498. The van der Waals surface area contributed by atoms with Gasteiger partial charge in [-0.25, -0.2) is 13.6 Å². The molecule has 0 spiro atoms. The van der Waals surface area contributed by atoms with Gasteiger partial charge in [-0.2, -0.15) is 0 Å². The molecule has 1 heterocycles. The molecule has 0 aliphatic carbocycles. The first-order chi connectivity index (χ1) is 8.48. The summed E-state index contributed by atoms with van der Waals surface area (Å²) >= 11 is 0. The van der Waals surface area contributed by atoms with Crippen molar-refractivity contribution in [2.75, 3.05) is 0 Å². The molecule has 0 saturated carbocycles. The maximum Gasteiger partial charge on any atom is 0.213 e. The molecule has 0 saturated heterocycles. The molecule has 0 fully saturated rings. The number of rotatable bonds is 4. The van der Waals surface area contributed by atoms with Crippen LogP contribution in [0.25, 0.3) is 11.3 Å². The van der Waals surface area contributed by atoms with E-state index in [1.807, 2.05) is 0 Å². The molecule has 94 valence electrons. The lowest BCUT2D eigenvalue weighted by atomic mass is 10.1. The van der Waals surface area contributed by atoms with Gasteiger partial charge in [0.1, 0.15) is 5.76 Å². The van der Waals surface area contributed by atoms with Gasteiger partial charge in [-0.05, 0) is 23.8 Å². The maximum atomic E-state index is 11.0. The summed E-state index contributed by atoms with van der Waals surface area (Å²) in [7, 11) is -3.56. The molecule has 6 heteroatoms. The molecule has 0 aliphatic heterocycles. The summed E-state index contributed by atoms with van der Waals surface area (Å²) in [6.45, 7) is 0. The average molecular weight is 265 g/mol. The monoisotopic (exact) mass is 265 g/mol. The Kier molecular flexibility index (Phi) is 3.31. The first-order valence-corrected chi connectivity index (χ1v) is 6.84. The number of hydrogen-bond acceptors (Lipinski definition) is 4. The van der Waals surface area contributed by atoms with E-state index in [9.17, 15) is 13.2 Å². The minimum absolute atomic E-state index is 0.224. The molecule has 2 N–H and O–H groups in total. The van der Waals surface area contributed by atoms with E-state index in [1.54, 1.807) is 36.4 Å². The molecular weight excluding hydrogens is 254 g/mol. The Balaban J connectivity index is 2.35. The molecule has 0 radical (unpaired) electrons. The number of furan rings is 1. The van der Waals surface area contributed by atoms with Gasteiger partial charge >= 0.3 is 0 Å². The van der Waals surface area contributed by atoms with Crippen molar-refractivity contribution in [2.24, 2.45) is 5.14 Å². The van der Waals surface area contributed by atoms with Gasteiger partial charge in [-0.3, -0.25) is 4.79 Å². The zero-order chi connectivity index (χ0) is 13.2. The number of benzene rings is 1. The van der Waals surface area contributed by atoms with Crippen LogP contribution in [0.15, 0.2) is 40.8 Å². The van der Waals surface area contributed by atoms with Gasteiger partial charge in [-0.1, -0.05) is 18.2 Å². The molecule has 1 aromatic carbocycles. The Morgan fingerprint density at radius 2 is 2.00 bits per heavy atom. The third-order valence-corrected chi connectivity index (χ3v) is 3.06. The van der Waals surface area contributed by atoms with E-state index < -0.39 is 10.0 Å². The summed E-state index contributed by atoms with van der Waals surface area (Å²) in [6.07, 6.45) is 0.609. The van der Waals surface area contributed by atoms with Crippen molar-refractivity contribution < 1.29 is 17.6 Å². The smallest absolute Gasteiger partial charge is 0.213 e. The quantitative estimate of drug-likeness (QED) is 0.849. The summed E-state index contributed by atoms with van der Waals surface area (Å²) in [5.41, 5.74) is 1.27. The van der Waals surface area contributed by atoms with Crippen molar-refractivity contribution in [3.63, 3.8) is 0 Å². The molecule has 1 aromatic heterocycles. The van der Waals surface area contributed by atoms with Gasteiger partial charge in [0, 0.05) is 5.56 Å². The van der Waals surface area contributed by atoms with Crippen LogP contribution < -0.4 is 5.14 Å². The van der Waals surface area contributed by atoms with E-state index in [0.717, 1.165) is 0 Å². The van der Waals surface area contributed by atoms with Crippen molar-refractivity contribution in [1.82, 2.24) is 0 Å². The highest BCUT2D eigenvalue weighted by molar-refractivity contribution is 7.88. The van der Waals surface area contributed by atoms with Crippen molar-refractivity contribution in [3.05, 3.63) is 47.7 Å². The summed E-state index contributed by atoms with van der Waals surface area (Å²) in [4.78, 5) is 10.5. The molecule has 2 rings (SSSR count). The summed E-state index contributed by atoms with van der Waals surface area (Å²) < 4.78 is 27.3. The number of carbonyl (C=O) groups is 1. The van der Waals surface area contributed by atoms with Crippen LogP contribution >= 0.6 is 0 Å². The number of carbonyl (C=O) groups excluding carboxylic acids is 1. The molecule has 0 unspecified atom stereocenters. The van der Waals surface area contributed by atoms with E-state index in [4.69, 9.17) is 9.56 Å². The predicted molar refractivity (Wildman–Crippen MR) is 66.3 cm³/mol. The van der Waals surface area contributed by atoms with Crippen LogP contribution in [0, 0.1) is 0 Å². The normalized spacial score (nSPS) is 11.4. The SMILES string of the molecule is NS(=O)(=O)Cc1cccc(-c2ccc(C=O)o2)c1. The standard InChI is InChI=1S/C12H11NO4S/c13-18(15,16)8-9-2-1-3-10(6-9)12-5-4-11(7-14)17-12/h1-7H,8H2,(H2,13,15,16). The highest BCUT2D eigenvalue weighted by Gasteiger charge is 2.08. The molecule has 5 nitrogen and oxygen atoms in total. The zero-order valence-electron chi connectivity index (χ0n) is 9.37. The lowest BCUT2D eigenvalue weighted by molar-refractivity contribution is 0.110. The third-order valence-electron chi connectivity index (χ3n) is 2.32. The number of hydrogen-bond donors (Lipinski definition) is 1. The van der Waals surface area contributed by atoms with Crippen molar-refractivity contribution in [2.45, 2.75) is 5.75 Å². The lowest BCUT2D eigenvalue weighted by Crippen LogP contribution is -2.14. The maximum absolute atomic E-state index is 11.0. The van der Waals surface area contributed by atoms with Gasteiger partial charge in [0.15, 0.2) is 12.0 Å². The molecule has 0 aliphatic rings. The Morgan fingerprint density at radius 3 is 2.61 bits per heavy atom. The van der Waals surface area contributed by atoms with Crippen molar-refractivity contribution in [1.29, 1.82) is 0 Å². The van der Waals surface area contributed by atoms with Crippen LogP contribution in [0.5, 0.6) is 0 Å². The number of primary sulfonamides is 1. The van der Waals surface area contributed by atoms with E-state index >= 15 is 0 Å². The van der Waals surface area contributed by atoms with Crippen LogP contribution in [0.1, 0.15) is 16.1 Å². The average Bonchev–Trinajstić information content (AvgIpc) is 2.75. The summed E-state index contributed by atoms with van der Waals surface area (Å²) in [6, 6.07) is 10.0. The Bertz CT molecular complexity index is 673. The van der Waals surface area contributed by atoms with Gasteiger partial charge in [0.25, 0.3) is 0 Å². The van der Waals surface area contributed by atoms with Crippen molar-refractivity contribution >= 4 is 16.3 Å². The first kappa shape index (κ1) is 12.5. The zero-order valence-corrected chi connectivity index (χ0v) is 10.2. The highest BCUT2D eigenvalue weighted by Crippen LogP contribution is 2.23. The minimum Gasteiger partial charge on any atom is -0.453 e. The van der Waals surface area contributed by atoms with Gasteiger partial charge in [-0.15, -0.1) is 0 Å². The third kappa shape index (κ3) is 3.06. The van der Waals surface area contributed by atoms with E-state index in [1.165, 1.54) is 0 Å². The van der Waals surface area contributed by atoms with Crippen LogP contribution in [-0.2, 0) is 15.8 Å². The van der Waals surface area contributed by atoms with Crippen LogP contribution in [0.4, 0.5) is 0 Å². The fraction of sp³-hybridized carbons (Fsp3) is 0.0833.